The fourth-order valence-corrected chi connectivity index (χ4v) is 3.38. The number of primary sulfonamides is 2. The number of hydrogen-bond acceptors (Lipinski definition) is 5. The Morgan fingerprint density at radius 3 is 2.18 bits per heavy atom. The molecule has 1 aromatic heterocycles. The molecule has 0 bridgehead atoms. The standard InChI is InChI=1S/C12H16N4O4S2/c1-8-5-10(15-16(8)2)6-9-7-11(21(13,17)18)3-4-12(9)22(14,19)20/h3-5,7H,6H2,1-2H3,(H2,13,17,18)(H2,14,19,20). The lowest BCUT2D eigenvalue weighted by Gasteiger charge is -2.08. The van der Waals surface area contributed by atoms with Crippen LogP contribution in [0.15, 0.2) is 34.1 Å². The van der Waals surface area contributed by atoms with Crippen molar-refractivity contribution in [3.63, 3.8) is 0 Å². The molecule has 2 aromatic rings. The minimum absolute atomic E-state index is 0.122. The summed E-state index contributed by atoms with van der Waals surface area (Å²) in [6.07, 6.45) is 0.122. The molecule has 0 fully saturated rings. The van der Waals surface area contributed by atoms with Gasteiger partial charge in [-0.1, -0.05) is 0 Å². The predicted octanol–water partition coefficient (Wildman–Crippen LogP) is -0.386. The summed E-state index contributed by atoms with van der Waals surface area (Å²) < 4.78 is 47.8. The van der Waals surface area contributed by atoms with E-state index in [4.69, 9.17) is 10.3 Å². The average molecular weight is 344 g/mol. The molecule has 120 valence electrons. The van der Waals surface area contributed by atoms with Crippen molar-refractivity contribution in [2.45, 2.75) is 23.1 Å². The Balaban J connectivity index is 2.59. The number of aromatic nitrogens is 2. The van der Waals surface area contributed by atoms with Gasteiger partial charge in [-0.25, -0.2) is 27.1 Å². The van der Waals surface area contributed by atoms with Crippen LogP contribution in [0.4, 0.5) is 0 Å². The van der Waals surface area contributed by atoms with Crippen LogP contribution in [0.5, 0.6) is 0 Å². The number of hydrogen-bond donors (Lipinski definition) is 2. The van der Waals surface area contributed by atoms with Gasteiger partial charge in [-0.05, 0) is 36.8 Å². The van der Waals surface area contributed by atoms with Crippen LogP contribution < -0.4 is 10.3 Å². The normalized spacial score (nSPS) is 12.5. The van der Waals surface area contributed by atoms with Crippen LogP contribution in [-0.2, 0) is 33.5 Å². The van der Waals surface area contributed by atoms with Crippen LogP contribution in [0.25, 0.3) is 0 Å². The van der Waals surface area contributed by atoms with Gasteiger partial charge in [0.1, 0.15) is 0 Å². The van der Waals surface area contributed by atoms with E-state index in [0.717, 1.165) is 17.8 Å². The molecule has 0 unspecified atom stereocenters. The zero-order valence-electron chi connectivity index (χ0n) is 12.0. The molecule has 8 nitrogen and oxygen atoms in total. The maximum Gasteiger partial charge on any atom is 0.238 e. The lowest BCUT2D eigenvalue weighted by atomic mass is 10.1. The summed E-state index contributed by atoms with van der Waals surface area (Å²) in [5.41, 5.74) is 1.71. The van der Waals surface area contributed by atoms with Gasteiger partial charge in [-0.2, -0.15) is 5.10 Å². The van der Waals surface area contributed by atoms with Gasteiger partial charge in [0.2, 0.25) is 20.0 Å². The monoisotopic (exact) mass is 344 g/mol. The van der Waals surface area contributed by atoms with Crippen molar-refractivity contribution in [3.8, 4) is 0 Å². The van der Waals surface area contributed by atoms with Crippen molar-refractivity contribution in [1.29, 1.82) is 0 Å². The van der Waals surface area contributed by atoms with E-state index in [2.05, 4.69) is 5.10 Å². The third-order valence-electron chi connectivity index (χ3n) is 3.20. The molecule has 0 spiro atoms. The second-order valence-corrected chi connectivity index (χ2v) is 8.03. The van der Waals surface area contributed by atoms with E-state index in [1.54, 1.807) is 17.8 Å². The van der Waals surface area contributed by atoms with E-state index in [0.29, 0.717) is 5.69 Å². The van der Waals surface area contributed by atoms with E-state index in [9.17, 15) is 16.8 Å². The van der Waals surface area contributed by atoms with Crippen LogP contribution in [0, 0.1) is 6.92 Å². The Hall–Kier alpha value is -1.75. The van der Waals surface area contributed by atoms with Crippen LogP contribution in [0.3, 0.4) is 0 Å². The maximum absolute atomic E-state index is 11.6. The summed E-state index contributed by atoms with van der Waals surface area (Å²) in [4.78, 5) is -0.328. The van der Waals surface area contributed by atoms with Gasteiger partial charge in [-0.3, -0.25) is 4.68 Å². The Bertz CT molecular complexity index is 911. The first-order chi connectivity index (χ1) is 9.98. The molecule has 0 saturated heterocycles. The first kappa shape index (κ1) is 16.6. The lowest BCUT2D eigenvalue weighted by molar-refractivity contribution is 0.592. The highest BCUT2D eigenvalue weighted by molar-refractivity contribution is 7.89. The van der Waals surface area contributed by atoms with Crippen LogP contribution in [0.1, 0.15) is 17.0 Å². The van der Waals surface area contributed by atoms with Gasteiger partial charge >= 0.3 is 0 Å². The molecule has 1 aromatic carbocycles. The first-order valence-electron chi connectivity index (χ1n) is 6.16. The SMILES string of the molecule is Cc1cc(Cc2cc(S(N)(=O)=O)ccc2S(N)(=O)=O)nn1C. The second kappa shape index (κ2) is 5.47. The van der Waals surface area contributed by atoms with E-state index in [1.165, 1.54) is 6.07 Å². The number of nitrogens with two attached hydrogens (primary N) is 2. The van der Waals surface area contributed by atoms with Gasteiger partial charge in [0.15, 0.2) is 0 Å². The van der Waals surface area contributed by atoms with E-state index < -0.39 is 20.0 Å². The minimum Gasteiger partial charge on any atom is -0.273 e. The molecule has 2 rings (SSSR count). The fourth-order valence-electron chi connectivity index (χ4n) is 2.06. The van der Waals surface area contributed by atoms with Crippen molar-refractivity contribution in [1.82, 2.24) is 9.78 Å². The molecular formula is C12H16N4O4S2. The largest absolute Gasteiger partial charge is 0.273 e. The van der Waals surface area contributed by atoms with Crippen LogP contribution in [-0.4, -0.2) is 26.6 Å². The number of sulfonamides is 2. The molecule has 4 N–H and O–H groups in total. The number of aryl methyl sites for hydroxylation is 2. The van der Waals surface area contributed by atoms with Crippen molar-refractivity contribution in [3.05, 3.63) is 41.2 Å². The molecular weight excluding hydrogens is 328 g/mol. The van der Waals surface area contributed by atoms with E-state index >= 15 is 0 Å². The predicted molar refractivity (Wildman–Crippen MR) is 79.9 cm³/mol. The molecule has 22 heavy (non-hydrogen) atoms. The number of rotatable bonds is 4. The maximum atomic E-state index is 11.6. The Morgan fingerprint density at radius 1 is 1.09 bits per heavy atom. The highest BCUT2D eigenvalue weighted by Crippen LogP contribution is 2.21. The molecule has 0 aliphatic carbocycles. The smallest absolute Gasteiger partial charge is 0.238 e. The van der Waals surface area contributed by atoms with E-state index in [1.807, 2.05) is 6.92 Å². The average Bonchev–Trinajstić information content (AvgIpc) is 2.65. The molecule has 0 aliphatic rings. The minimum atomic E-state index is -3.99. The van der Waals surface area contributed by atoms with Gasteiger partial charge in [0.25, 0.3) is 0 Å². The summed E-state index contributed by atoms with van der Waals surface area (Å²) in [5, 5.41) is 14.5. The van der Waals surface area contributed by atoms with Crippen molar-refractivity contribution in [2.75, 3.05) is 0 Å². The van der Waals surface area contributed by atoms with Crippen LogP contribution in [0.2, 0.25) is 0 Å². The van der Waals surface area contributed by atoms with Gasteiger partial charge in [0, 0.05) is 19.2 Å². The van der Waals surface area contributed by atoms with Crippen LogP contribution >= 0.6 is 0 Å². The molecule has 0 radical (unpaired) electrons. The van der Waals surface area contributed by atoms with Gasteiger partial charge in [-0.15, -0.1) is 0 Å². The molecule has 1 heterocycles. The van der Waals surface area contributed by atoms with Gasteiger partial charge in [0.05, 0.1) is 15.5 Å². The number of nitrogens with zero attached hydrogens (tertiary/aromatic N) is 2. The third-order valence-corrected chi connectivity index (χ3v) is 5.13. The topological polar surface area (TPSA) is 138 Å². The summed E-state index contributed by atoms with van der Waals surface area (Å²) in [6.45, 7) is 1.85. The van der Waals surface area contributed by atoms with Crippen molar-refractivity contribution >= 4 is 20.0 Å². The third kappa shape index (κ3) is 3.53. The van der Waals surface area contributed by atoms with Gasteiger partial charge < -0.3 is 0 Å². The number of benzene rings is 1. The van der Waals surface area contributed by atoms with Crippen molar-refractivity contribution in [2.24, 2.45) is 17.3 Å². The summed E-state index contributed by atoms with van der Waals surface area (Å²) in [7, 11) is -6.18. The zero-order chi connectivity index (χ0) is 16.7. The highest BCUT2D eigenvalue weighted by Gasteiger charge is 2.19. The second-order valence-electron chi connectivity index (χ2n) is 4.94. The Labute approximate surface area is 128 Å². The molecule has 10 heteroatoms. The lowest BCUT2D eigenvalue weighted by Crippen LogP contribution is -2.17. The zero-order valence-corrected chi connectivity index (χ0v) is 13.6. The van der Waals surface area contributed by atoms with Crippen molar-refractivity contribution < 1.29 is 16.8 Å². The molecule has 0 saturated carbocycles. The Kier molecular flexibility index (Phi) is 4.13. The molecule has 0 aliphatic heterocycles. The summed E-state index contributed by atoms with van der Waals surface area (Å²) in [5.74, 6) is 0. The quantitative estimate of drug-likeness (QED) is 0.778. The first-order valence-corrected chi connectivity index (χ1v) is 9.26. The summed E-state index contributed by atoms with van der Waals surface area (Å²) in [6, 6.07) is 5.23. The van der Waals surface area contributed by atoms with E-state index in [-0.39, 0.29) is 21.8 Å². The molecule has 0 atom stereocenters. The fraction of sp³-hybridized carbons (Fsp3) is 0.250. The highest BCUT2D eigenvalue weighted by atomic mass is 32.2. The Morgan fingerprint density at radius 2 is 1.73 bits per heavy atom. The molecule has 0 amide bonds. The summed E-state index contributed by atoms with van der Waals surface area (Å²) >= 11 is 0.